The quantitative estimate of drug-likeness (QED) is 0.533. The molecule has 1 aromatic heterocycles. The van der Waals surface area contributed by atoms with Gasteiger partial charge in [0, 0.05) is 6.20 Å². The minimum absolute atomic E-state index is 0.00498. The first-order valence-corrected chi connectivity index (χ1v) is 9.58. The summed E-state index contributed by atoms with van der Waals surface area (Å²) in [5.41, 5.74) is 0.689. The van der Waals surface area contributed by atoms with Gasteiger partial charge in [0.25, 0.3) is 0 Å². The minimum atomic E-state index is -0.809. The Morgan fingerprint density at radius 1 is 1.10 bits per heavy atom. The molecule has 1 aliphatic carbocycles. The van der Waals surface area contributed by atoms with Crippen molar-refractivity contribution in [1.82, 2.24) is 4.98 Å². The number of methoxy groups -OCH3 is 1. The maximum Gasteiger partial charge on any atom is 0.341 e. The maximum atomic E-state index is 14.8. The van der Waals surface area contributed by atoms with E-state index >= 15 is 0 Å². The highest BCUT2D eigenvalue weighted by Crippen LogP contribution is 2.33. The third-order valence-corrected chi connectivity index (χ3v) is 4.85. The summed E-state index contributed by atoms with van der Waals surface area (Å²) in [6.07, 6.45) is 3.77. The Hall–Kier alpha value is -3.48. The summed E-state index contributed by atoms with van der Waals surface area (Å²) in [7, 11) is 1.22. The molecular formula is C23H20F2N2O3. The molecular weight excluding hydrogens is 390 g/mol. The number of nitrogens with one attached hydrogen (secondary N) is 1. The fourth-order valence-electron chi connectivity index (χ4n) is 3.02. The third-order valence-electron chi connectivity index (χ3n) is 4.85. The van der Waals surface area contributed by atoms with Gasteiger partial charge in [-0.15, -0.1) is 0 Å². The molecule has 0 unspecified atom stereocenters. The molecule has 30 heavy (non-hydrogen) atoms. The largest absolute Gasteiger partial charge is 0.493 e. The van der Waals surface area contributed by atoms with Crippen molar-refractivity contribution in [2.75, 3.05) is 19.0 Å². The monoisotopic (exact) mass is 410 g/mol. The van der Waals surface area contributed by atoms with E-state index in [2.05, 4.69) is 15.0 Å². The number of pyridine rings is 1. The van der Waals surface area contributed by atoms with Crippen molar-refractivity contribution in [3.63, 3.8) is 0 Å². The smallest absolute Gasteiger partial charge is 0.341 e. The molecule has 7 heteroatoms. The molecule has 0 saturated heterocycles. The van der Waals surface area contributed by atoms with Gasteiger partial charge in [-0.05, 0) is 66.3 Å². The fraction of sp³-hybridized carbons (Fsp3) is 0.217. The highest BCUT2D eigenvalue weighted by molar-refractivity contribution is 5.95. The first-order chi connectivity index (χ1) is 14.5. The van der Waals surface area contributed by atoms with Crippen molar-refractivity contribution in [3.8, 4) is 16.9 Å². The number of halogens is 2. The average molecular weight is 410 g/mol. The first kappa shape index (κ1) is 19.8. The molecule has 4 rings (SSSR count). The molecule has 1 N–H and O–H groups in total. The lowest BCUT2D eigenvalue weighted by Gasteiger charge is -2.13. The third kappa shape index (κ3) is 4.40. The topological polar surface area (TPSA) is 60.5 Å². The van der Waals surface area contributed by atoms with Gasteiger partial charge in [0.15, 0.2) is 0 Å². The Morgan fingerprint density at radius 3 is 2.57 bits per heavy atom. The summed E-state index contributed by atoms with van der Waals surface area (Å²) >= 11 is 0. The molecule has 154 valence electrons. The van der Waals surface area contributed by atoms with Gasteiger partial charge in [0.2, 0.25) is 0 Å². The Kier molecular flexibility index (Phi) is 5.61. The highest BCUT2D eigenvalue weighted by Gasteiger charge is 2.22. The highest BCUT2D eigenvalue weighted by atomic mass is 19.1. The van der Waals surface area contributed by atoms with Crippen molar-refractivity contribution < 1.29 is 23.0 Å². The number of hydrogen-bond donors (Lipinski definition) is 1. The zero-order valence-electron chi connectivity index (χ0n) is 16.3. The van der Waals surface area contributed by atoms with Gasteiger partial charge in [-0.1, -0.05) is 12.1 Å². The number of benzene rings is 2. The normalized spacial score (nSPS) is 13.0. The van der Waals surface area contributed by atoms with Crippen molar-refractivity contribution in [3.05, 3.63) is 71.9 Å². The lowest BCUT2D eigenvalue weighted by Crippen LogP contribution is -2.08. The van der Waals surface area contributed by atoms with Gasteiger partial charge in [-0.2, -0.15) is 0 Å². The SMILES string of the molecule is COC(=O)c1cccnc1Nc1c(F)cc(-c2cccc(OCC3CC3)c2)cc1F. The number of rotatable bonds is 7. The molecule has 0 radical (unpaired) electrons. The second-order valence-corrected chi connectivity index (χ2v) is 7.11. The van der Waals surface area contributed by atoms with E-state index in [-0.39, 0.29) is 11.4 Å². The molecule has 0 aliphatic heterocycles. The Balaban J connectivity index is 1.60. The van der Waals surface area contributed by atoms with E-state index < -0.39 is 23.3 Å². The van der Waals surface area contributed by atoms with E-state index in [1.807, 2.05) is 6.07 Å². The molecule has 0 spiro atoms. The van der Waals surface area contributed by atoms with Crippen LogP contribution in [0.2, 0.25) is 0 Å². The van der Waals surface area contributed by atoms with E-state index in [0.29, 0.717) is 29.4 Å². The summed E-state index contributed by atoms with van der Waals surface area (Å²) in [6, 6.07) is 12.6. The maximum absolute atomic E-state index is 14.8. The van der Waals surface area contributed by atoms with Crippen LogP contribution in [0.1, 0.15) is 23.2 Å². The molecule has 1 aliphatic rings. The number of ether oxygens (including phenoxy) is 2. The minimum Gasteiger partial charge on any atom is -0.493 e. The number of esters is 1. The van der Waals surface area contributed by atoms with Gasteiger partial charge in [-0.3, -0.25) is 0 Å². The molecule has 1 heterocycles. The summed E-state index contributed by atoms with van der Waals surface area (Å²) < 4.78 is 40.0. The van der Waals surface area contributed by atoms with Crippen LogP contribution in [0.3, 0.4) is 0 Å². The Labute approximate surface area is 172 Å². The van der Waals surface area contributed by atoms with E-state index in [0.717, 1.165) is 0 Å². The van der Waals surface area contributed by atoms with Crippen molar-refractivity contribution >= 4 is 17.5 Å². The van der Waals surface area contributed by atoms with Gasteiger partial charge in [0.1, 0.15) is 34.5 Å². The van der Waals surface area contributed by atoms with Gasteiger partial charge < -0.3 is 14.8 Å². The van der Waals surface area contributed by atoms with E-state index in [9.17, 15) is 13.6 Å². The molecule has 1 fully saturated rings. The van der Waals surface area contributed by atoms with Crippen LogP contribution in [0.25, 0.3) is 11.1 Å². The molecule has 2 aromatic carbocycles. The Morgan fingerprint density at radius 2 is 1.87 bits per heavy atom. The van der Waals surface area contributed by atoms with Gasteiger partial charge in [-0.25, -0.2) is 18.6 Å². The van der Waals surface area contributed by atoms with Crippen LogP contribution in [-0.2, 0) is 4.74 Å². The summed E-state index contributed by atoms with van der Waals surface area (Å²) in [5.74, 6) is -1.00. The zero-order chi connectivity index (χ0) is 21.1. The number of anilines is 2. The molecule has 3 aromatic rings. The number of aromatic nitrogens is 1. The predicted octanol–water partition coefficient (Wildman–Crippen LogP) is 5.35. The molecule has 0 amide bonds. The van der Waals surface area contributed by atoms with Crippen LogP contribution in [-0.4, -0.2) is 24.7 Å². The van der Waals surface area contributed by atoms with Crippen molar-refractivity contribution in [1.29, 1.82) is 0 Å². The number of nitrogens with zero attached hydrogens (tertiary/aromatic N) is 1. The van der Waals surface area contributed by atoms with Crippen LogP contribution < -0.4 is 10.1 Å². The van der Waals surface area contributed by atoms with Crippen molar-refractivity contribution in [2.24, 2.45) is 5.92 Å². The van der Waals surface area contributed by atoms with Gasteiger partial charge >= 0.3 is 5.97 Å². The van der Waals surface area contributed by atoms with Crippen molar-refractivity contribution in [2.45, 2.75) is 12.8 Å². The van der Waals surface area contributed by atoms with Crippen LogP contribution in [0.4, 0.5) is 20.3 Å². The Bertz CT molecular complexity index is 1060. The summed E-state index contributed by atoms with van der Waals surface area (Å²) in [6.45, 7) is 0.654. The average Bonchev–Trinajstić information content (AvgIpc) is 3.59. The lowest BCUT2D eigenvalue weighted by molar-refractivity contribution is 0.0601. The lowest BCUT2D eigenvalue weighted by atomic mass is 10.0. The standard InChI is InChI=1S/C23H20F2N2O3/c1-29-23(28)18-6-3-9-26-22(18)27-21-19(24)11-16(12-20(21)25)15-4-2-5-17(10-15)30-13-14-7-8-14/h2-6,9-12,14H,7-8,13H2,1H3,(H,26,27). The van der Waals surface area contributed by atoms with E-state index in [1.165, 1.54) is 50.4 Å². The van der Waals surface area contributed by atoms with E-state index in [4.69, 9.17) is 4.74 Å². The van der Waals surface area contributed by atoms with Crippen LogP contribution >= 0.6 is 0 Å². The van der Waals surface area contributed by atoms with E-state index in [1.54, 1.807) is 18.2 Å². The predicted molar refractivity (Wildman–Crippen MR) is 109 cm³/mol. The summed E-state index contributed by atoms with van der Waals surface area (Å²) in [4.78, 5) is 15.9. The molecule has 1 saturated carbocycles. The fourth-order valence-corrected chi connectivity index (χ4v) is 3.02. The zero-order valence-corrected chi connectivity index (χ0v) is 16.3. The number of carbonyl (C=O) groups excluding carboxylic acids is 1. The molecule has 0 bridgehead atoms. The molecule has 5 nitrogen and oxygen atoms in total. The number of hydrogen-bond acceptors (Lipinski definition) is 5. The van der Waals surface area contributed by atoms with Crippen LogP contribution in [0.5, 0.6) is 5.75 Å². The van der Waals surface area contributed by atoms with Crippen LogP contribution in [0, 0.1) is 17.6 Å². The second-order valence-electron chi connectivity index (χ2n) is 7.11. The van der Waals surface area contributed by atoms with Crippen LogP contribution in [0.15, 0.2) is 54.7 Å². The summed E-state index contributed by atoms with van der Waals surface area (Å²) in [5, 5.41) is 2.57. The first-order valence-electron chi connectivity index (χ1n) is 9.58. The van der Waals surface area contributed by atoms with Gasteiger partial charge in [0.05, 0.1) is 13.7 Å². The molecule has 0 atom stereocenters. The second kappa shape index (κ2) is 8.49. The number of carbonyl (C=O) groups is 1.